The Morgan fingerprint density at radius 3 is 3.00 bits per heavy atom. The minimum Gasteiger partial charge on any atom is -0.386 e. The van der Waals surface area contributed by atoms with Crippen molar-refractivity contribution in [3.8, 4) is 6.07 Å². The molecule has 2 N–H and O–H groups in total. The molecular weight excluding hydrogens is 230 g/mol. The van der Waals surface area contributed by atoms with E-state index >= 15 is 0 Å². The lowest BCUT2D eigenvalue weighted by Gasteiger charge is -2.20. The molecule has 0 radical (unpaired) electrons. The molecular formula is C13H19N3O2. The van der Waals surface area contributed by atoms with Gasteiger partial charge in [-0.1, -0.05) is 0 Å². The number of aromatic nitrogens is 1. The topological polar surface area (TPSA) is 70.2 Å². The Morgan fingerprint density at radius 1 is 1.67 bits per heavy atom. The van der Waals surface area contributed by atoms with E-state index in [1.165, 1.54) is 0 Å². The molecule has 1 aliphatic heterocycles. The molecule has 98 valence electrons. The molecule has 18 heavy (non-hydrogen) atoms. The maximum atomic E-state index is 10.1. The van der Waals surface area contributed by atoms with Crippen molar-refractivity contribution in [3.05, 3.63) is 23.0 Å². The summed E-state index contributed by atoms with van der Waals surface area (Å²) in [7, 11) is 1.88. The largest absolute Gasteiger partial charge is 0.386 e. The third-order valence-electron chi connectivity index (χ3n) is 3.61. The number of nitriles is 1. The highest BCUT2D eigenvalue weighted by molar-refractivity contribution is 5.34. The third-order valence-corrected chi connectivity index (χ3v) is 3.61. The molecule has 1 aromatic rings. The van der Waals surface area contributed by atoms with Crippen LogP contribution in [0.15, 0.2) is 6.07 Å². The van der Waals surface area contributed by atoms with Crippen molar-refractivity contribution in [3.63, 3.8) is 0 Å². The molecule has 1 fully saturated rings. The first-order valence-electron chi connectivity index (χ1n) is 6.12. The normalized spacial score (nSPS) is 23.2. The van der Waals surface area contributed by atoms with Crippen LogP contribution in [-0.2, 0) is 18.3 Å². The molecule has 0 amide bonds. The highest BCUT2D eigenvalue weighted by atomic mass is 16.5. The molecule has 1 saturated heterocycles. The van der Waals surface area contributed by atoms with Crippen LogP contribution in [0.2, 0.25) is 0 Å². The summed E-state index contributed by atoms with van der Waals surface area (Å²) in [6.07, 6.45) is 0.678. The van der Waals surface area contributed by atoms with E-state index in [4.69, 9.17) is 10.00 Å². The Morgan fingerprint density at radius 2 is 2.44 bits per heavy atom. The van der Waals surface area contributed by atoms with Gasteiger partial charge in [-0.25, -0.2) is 0 Å². The van der Waals surface area contributed by atoms with Gasteiger partial charge in [0.25, 0.3) is 0 Å². The van der Waals surface area contributed by atoms with Gasteiger partial charge >= 0.3 is 0 Å². The molecule has 2 rings (SSSR count). The second-order valence-electron chi connectivity index (χ2n) is 4.94. The number of hydrogen-bond acceptors (Lipinski definition) is 4. The summed E-state index contributed by atoms with van der Waals surface area (Å²) in [4.78, 5) is 0. The molecule has 1 atom stereocenters. The van der Waals surface area contributed by atoms with E-state index in [1.807, 2.05) is 24.6 Å². The van der Waals surface area contributed by atoms with E-state index < -0.39 is 5.60 Å². The molecule has 0 aliphatic carbocycles. The van der Waals surface area contributed by atoms with E-state index in [9.17, 15) is 5.11 Å². The Labute approximate surface area is 107 Å². The van der Waals surface area contributed by atoms with Crippen molar-refractivity contribution >= 4 is 0 Å². The highest BCUT2D eigenvalue weighted by Gasteiger charge is 2.31. The van der Waals surface area contributed by atoms with Crippen molar-refractivity contribution < 1.29 is 9.84 Å². The van der Waals surface area contributed by atoms with E-state index in [0.29, 0.717) is 38.4 Å². The molecule has 1 unspecified atom stereocenters. The fraction of sp³-hybridized carbons (Fsp3) is 0.615. The Bertz CT molecular complexity index is 467. The fourth-order valence-electron chi connectivity index (χ4n) is 2.21. The number of nitrogens with zero attached hydrogens (tertiary/aromatic N) is 2. The van der Waals surface area contributed by atoms with Crippen LogP contribution in [0.5, 0.6) is 0 Å². The van der Waals surface area contributed by atoms with Gasteiger partial charge in [-0.15, -0.1) is 0 Å². The number of nitrogens with one attached hydrogen (secondary N) is 1. The van der Waals surface area contributed by atoms with Crippen LogP contribution in [-0.4, -0.2) is 35.0 Å². The quantitative estimate of drug-likeness (QED) is 0.812. The number of hydrogen-bond donors (Lipinski definition) is 2. The van der Waals surface area contributed by atoms with Gasteiger partial charge in [-0.05, 0) is 18.6 Å². The SMILES string of the molecule is Cc1c(CNCC2(O)CCOC2)cc(C#N)n1C. The first-order chi connectivity index (χ1) is 8.56. The molecule has 5 heteroatoms. The molecule has 0 saturated carbocycles. The smallest absolute Gasteiger partial charge is 0.120 e. The van der Waals surface area contributed by atoms with Gasteiger partial charge in [-0.3, -0.25) is 0 Å². The zero-order valence-corrected chi connectivity index (χ0v) is 10.9. The van der Waals surface area contributed by atoms with Gasteiger partial charge in [-0.2, -0.15) is 5.26 Å². The molecule has 2 heterocycles. The lowest BCUT2D eigenvalue weighted by atomic mass is 10.0. The Kier molecular flexibility index (Phi) is 3.71. The molecule has 0 spiro atoms. The number of aliphatic hydroxyl groups is 1. The molecule has 1 aromatic heterocycles. The summed E-state index contributed by atoms with van der Waals surface area (Å²) in [5.41, 5.74) is 2.10. The maximum Gasteiger partial charge on any atom is 0.120 e. The average molecular weight is 249 g/mol. The van der Waals surface area contributed by atoms with Crippen molar-refractivity contribution in [1.82, 2.24) is 9.88 Å². The van der Waals surface area contributed by atoms with Gasteiger partial charge < -0.3 is 19.7 Å². The van der Waals surface area contributed by atoms with Gasteiger partial charge in [0.15, 0.2) is 0 Å². The second kappa shape index (κ2) is 5.11. The van der Waals surface area contributed by atoms with Crippen LogP contribution in [0.3, 0.4) is 0 Å². The van der Waals surface area contributed by atoms with E-state index in [1.54, 1.807) is 0 Å². The van der Waals surface area contributed by atoms with Gasteiger partial charge in [0, 0.05) is 38.9 Å². The minimum absolute atomic E-state index is 0.400. The molecule has 5 nitrogen and oxygen atoms in total. The summed E-state index contributed by atoms with van der Waals surface area (Å²) in [5.74, 6) is 0. The monoisotopic (exact) mass is 249 g/mol. The zero-order chi connectivity index (χ0) is 13.2. The number of rotatable bonds is 4. The van der Waals surface area contributed by atoms with E-state index in [0.717, 1.165) is 11.3 Å². The van der Waals surface area contributed by atoms with E-state index in [-0.39, 0.29) is 0 Å². The Hall–Kier alpha value is -1.35. The zero-order valence-electron chi connectivity index (χ0n) is 10.9. The van der Waals surface area contributed by atoms with Gasteiger partial charge in [0.2, 0.25) is 0 Å². The van der Waals surface area contributed by atoms with Gasteiger partial charge in [0.05, 0.1) is 6.61 Å². The minimum atomic E-state index is -0.735. The molecule has 0 aromatic carbocycles. The van der Waals surface area contributed by atoms with Crippen molar-refractivity contribution in [2.75, 3.05) is 19.8 Å². The lowest BCUT2D eigenvalue weighted by Crippen LogP contribution is -2.40. The summed E-state index contributed by atoms with van der Waals surface area (Å²) in [6.45, 7) is 4.19. The first kappa shape index (κ1) is 13.1. The third kappa shape index (κ3) is 2.56. The predicted molar refractivity (Wildman–Crippen MR) is 67.0 cm³/mol. The Balaban J connectivity index is 1.93. The fourth-order valence-corrected chi connectivity index (χ4v) is 2.21. The van der Waals surface area contributed by atoms with Gasteiger partial charge in [0.1, 0.15) is 17.4 Å². The summed E-state index contributed by atoms with van der Waals surface area (Å²) in [5, 5.41) is 22.3. The predicted octanol–water partition coefficient (Wildman–Crippen LogP) is 0.446. The molecule has 0 bridgehead atoms. The summed E-state index contributed by atoms with van der Waals surface area (Å²) < 4.78 is 7.07. The van der Waals surface area contributed by atoms with Crippen molar-refractivity contribution in [1.29, 1.82) is 5.26 Å². The summed E-state index contributed by atoms with van der Waals surface area (Å²) >= 11 is 0. The van der Waals surface area contributed by atoms with Crippen LogP contribution in [0, 0.1) is 18.3 Å². The van der Waals surface area contributed by atoms with Crippen molar-refractivity contribution in [2.45, 2.75) is 25.5 Å². The van der Waals surface area contributed by atoms with Crippen LogP contribution in [0.1, 0.15) is 23.4 Å². The second-order valence-corrected chi connectivity index (χ2v) is 4.94. The van der Waals surface area contributed by atoms with E-state index in [2.05, 4.69) is 11.4 Å². The van der Waals surface area contributed by atoms with Crippen molar-refractivity contribution in [2.24, 2.45) is 7.05 Å². The van der Waals surface area contributed by atoms with Crippen LogP contribution >= 0.6 is 0 Å². The molecule has 1 aliphatic rings. The lowest BCUT2D eigenvalue weighted by molar-refractivity contribution is 0.0268. The van der Waals surface area contributed by atoms with Crippen LogP contribution < -0.4 is 5.32 Å². The average Bonchev–Trinajstić information content (AvgIpc) is 2.89. The standard InChI is InChI=1S/C13H19N3O2/c1-10-11(5-12(6-14)16(10)2)7-15-8-13(17)3-4-18-9-13/h5,15,17H,3-4,7-9H2,1-2H3. The van der Waals surface area contributed by atoms with Crippen LogP contribution in [0.4, 0.5) is 0 Å². The number of ether oxygens (including phenoxy) is 1. The van der Waals surface area contributed by atoms with Crippen LogP contribution in [0.25, 0.3) is 0 Å². The maximum absolute atomic E-state index is 10.1. The first-order valence-corrected chi connectivity index (χ1v) is 6.12. The summed E-state index contributed by atoms with van der Waals surface area (Å²) in [6, 6.07) is 4.05. The highest BCUT2D eigenvalue weighted by Crippen LogP contribution is 2.18.